The van der Waals surface area contributed by atoms with Gasteiger partial charge >= 0.3 is 31.7 Å². The number of unbranched alkanes of at least 4 members (excludes halogenated alkanes) is 51. The highest BCUT2D eigenvalue weighted by atomic mass is 31.2. The maximum atomic E-state index is 14.9. The van der Waals surface area contributed by atoms with E-state index in [1.165, 1.54) is 173 Å². The van der Waals surface area contributed by atoms with Crippen LogP contribution in [-0.4, -0.2) is 205 Å². The fraction of sp³-hybridized carbons (Fsp3) is 0.915. The molecule has 2 aliphatic heterocycles. The van der Waals surface area contributed by atoms with Crippen molar-refractivity contribution in [1.82, 2.24) is 0 Å². The third kappa shape index (κ3) is 52.3. The summed E-state index contributed by atoms with van der Waals surface area (Å²) in [7, 11) is -5.81. The fourth-order valence-corrected chi connectivity index (χ4v) is 16.9. The van der Waals surface area contributed by atoms with Crippen molar-refractivity contribution in [2.75, 3.05) is 26.4 Å². The average molecular weight is 1730 g/mol. The zero-order valence-electron chi connectivity index (χ0n) is 75.1. The van der Waals surface area contributed by atoms with Crippen molar-refractivity contribution in [3.05, 3.63) is 24.3 Å². The monoisotopic (exact) mass is 1730 g/mol. The van der Waals surface area contributed by atoms with E-state index < -0.39 is 162 Å². The maximum absolute atomic E-state index is 14.9. The Morgan fingerprint density at radius 1 is 0.325 bits per heavy atom. The van der Waals surface area contributed by atoms with Crippen LogP contribution >= 0.6 is 7.82 Å². The number of ether oxygens (including phenoxy) is 8. The molecular formula is C94H173O25P. The Hall–Kier alpha value is -3.05. The molecular weight excluding hydrogens is 1560 g/mol. The smallest absolute Gasteiger partial charge is 0.463 e. The van der Waals surface area contributed by atoms with Crippen molar-refractivity contribution in [1.29, 1.82) is 0 Å². The summed E-state index contributed by atoms with van der Waals surface area (Å²) in [5, 5.41) is 102. The van der Waals surface area contributed by atoms with Gasteiger partial charge in [0.25, 0.3) is 0 Å². The highest BCUT2D eigenvalue weighted by molar-refractivity contribution is 7.47. The zero-order valence-corrected chi connectivity index (χ0v) is 76.0. The van der Waals surface area contributed by atoms with Gasteiger partial charge in [-0.3, -0.25) is 28.2 Å². The Bertz CT molecular complexity index is 2580. The van der Waals surface area contributed by atoms with Crippen LogP contribution in [0.1, 0.15) is 419 Å². The van der Waals surface area contributed by atoms with Gasteiger partial charge in [-0.05, 0) is 77.0 Å². The second-order valence-electron chi connectivity index (χ2n) is 34.6. The zero-order chi connectivity index (χ0) is 87.5. The quantitative estimate of drug-likeness (QED) is 0.00889. The Labute approximate surface area is 724 Å². The second kappa shape index (κ2) is 72.9. The number of esters is 4. The minimum absolute atomic E-state index is 0.0172. The molecule has 704 valence electrons. The Morgan fingerprint density at radius 2 is 0.625 bits per heavy atom. The van der Waals surface area contributed by atoms with Crippen LogP contribution < -0.4 is 0 Å². The Morgan fingerprint density at radius 3 is 1.00 bits per heavy atom. The number of aliphatic hydroxyl groups excluding tert-OH is 9. The molecule has 3 fully saturated rings. The predicted octanol–water partition coefficient (Wildman–Crippen LogP) is 18.5. The van der Waals surface area contributed by atoms with Crippen LogP contribution in [-0.2, 0) is 70.7 Å². The van der Waals surface area contributed by atoms with Gasteiger partial charge in [0.15, 0.2) is 24.8 Å². The summed E-state index contributed by atoms with van der Waals surface area (Å²) in [6.45, 7) is 5.60. The summed E-state index contributed by atoms with van der Waals surface area (Å²) in [6.07, 6.45) is 34.3. The Balaban J connectivity index is 1.91. The lowest BCUT2D eigenvalue weighted by Crippen LogP contribution is -2.70. The maximum Gasteiger partial charge on any atom is 0.472 e. The van der Waals surface area contributed by atoms with Gasteiger partial charge in [-0.2, -0.15) is 0 Å². The molecule has 2 saturated heterocycles. The normalized spacial score (nSPS) is 24.8. The summed E-state index contributed by atoms with van der Waals surface area (Å²) in [6, 6.07) is 0. The molecule has 0 aromatic carbocycles. The number of phosphoric acid groups is 1. The van der Waals surface area contributed by atoms with Gasteiger partial charge < -0.3 is 88.7 Å². The minimum Gasteiger partial charge on any atom is -0.463 e. The van der Waals surface area contributed by atoms with Crippen molar-refractivity contribution < 1.29 is 122 Å². The highest BCUT2D eigenvalue weighted by Gasteiger charge is 2.60. The van der Waals surface area contributed by atoms with Crippen LogP contribution in [0.4, 0.5) is 0 Å². The lowest BCUT2D eigenvalue weighted by Gasteiger charge is -2.50. The van der Waals surface area contributed by atoms with Crippen LogP contribution in [0, 0.1) is 0 Å². The van der Waals surface area contributed by atoms with Crippen molar-refractivity contribution in [3.63, 3.8) is 0 Å². The highest BCUT2D eigenvalue weighted by Crippen LogP contribution is 2.49. The van der Waals surface area contributed by atoms with E-state index in [9.17, 15) is 74.6 Å². The average Bonchev–Trinajstić information content (AvgIpc) is 0.754. The topological polar surface area (TPSA) is 380 Å². The standard InChI is InChI=1S/C94H173O25P/c1-5-9-13-17-21-25-29-33-37-41-45-48-52-56-60-64-68-79(98)113-74(71-110-77(96)66-62-58-54-50-46-42-38-34-30-26-22-18-14-10-6-2)72-112-120(108,109)119-92-90(117-93-87(106)83(102)81(100)75(70-95)114-93)86(105)85(104)89(116-80(99)69-65-61-57-53-49-44-40-36-32-28-24-20-16-12-8-4)91(92)118-94-88(107)84(103)82(101)76(115-94)73-111-78(97)67-63-59-55-51-47-43-39-35-31-27-23-19-15-11-7-3/h26,28,30,32,74-76,81-95,100-107H,5-25,27,29,31,33-73H2,1-4H3,(H,108,109)/b30-26-,32-28-. The minimum atomic E-state index is -5.81. The molecule has 1 aliphatic carbocycles. The van der Waals surface area contributed by atoms with E-state index in [0.29, 0.717) is 32.1 Å². The summed E-state index contributed by atoms with van der Waals surface area (Å²) < 4.78 is 73.5. The number of hydrogen-bond acceptors (Lipinski definition) is 24. The Kier molecular flexibility index (Phi) is 67.5. The molecule has 0 spiro atoms. The largest absolute Gasteiger partial charge is 0.472 e. The molecule has 0 aromatic heterocycles. The van der Waals surface area contributed by atoms with E-state index in [1.54, 1.807) is 0 Å². The van der Waals surface area contributed by atoms with E-state index >= 15 is 0 Å². The van der Waals surface area contributed by atoms with Gasteiger partial charge in [0.1, 0.15) is 92.6 Å². The summed E-state index contributed by atoms with van der Waals surface area (Å²) >= 11 is 0. The number of hydrogen-bond donors (Lipinski definition) is 10. The van der Waals surface area contributed by atoms with Crippen molar-refractivity contribution in [2.45, 2.75) is 524 Å². The fourth-order valence-electron chi connectivity index (χ4n) is 16.0. The molecule has 26 heteroatoms. The molecule has 120 heavy (non-hydrogen) atoms. The van der Waals surface area contributed by atoms with Crippen LogP contribution in [0.5, 0.6) is 0 Å². The first-order valence-electron chi connectivity index (χ1n) is 48.6. The molecule has 25 nitrogen and oxygen atoms in total. The van der Waals surface area contributed by atoms with Gasteiger partial charge in [0, 0.05) is 25.7 Å². The molecule has 0 bridgehead atoms. The lowest BCUT2D eigenvalue weighted by molar-refractivity contribution is -0.360. The van der Waals surface area contributed by atoms with Crippen molar-refractivity contribution >= 4 is 31.7 Å². The molecule has 0 aromatic rings. The van der Waals surface area contributed by atoms with E-state index in [2.05, 4.69) is 52.0 Å². The SMILES string of the molecule is CCCCCC/C=C\CCCCCCCCCC(=O)OCC(COP(=O)(O)OC1C(OC2OC(CO)C(O)C(O)C2O)C(O)C(O)C(OC(=O)CCCCCCCCC/C=C\CCCCCC)C1OC1OC(COC(=O)CCCCCCCCCCCCCCCCC)C(O)C(O)C1O)OC(=O)CCCCCCCCCCCCCCCCCC. The predicted molar refractivity (Wildman–Crippen MR) is 467 cm³/mol. The molecule has 18 atom stereocenters. The van der Waals surface area contributed by atoms with Crippen LogP contribution in [0.2, 0.25) is 0 Å². The third-order valence-electron chi connectivity index (χ3n) is 23.7. The number of phosphoric ester groups is 1. The van der Waals surface area contributed by atoms with Gasteiger partial charge in [0.2, 0.25) is 0 Å². The molecule has 3 aliphatic rings. The molecule has 0 radical (unpaired) electrons. The van der Waals surface area contributed by atoms with Gasteiger partial charge in [-0.1, -0.05) is 341 Å². The van der Waals surface area contributed by atoms with E-state index in [-0.39, 0.29) is 25.7 Å². The van der Waals surface area contributed by atoms with Gasteiger partial charge in [-0.25, -0.2) is 4.57 Å². The molecule has 0 amide bonds. The number of allylic oxidation sites excluding steroid dienone is 4. The molecule has 2 heterocycles. The summed E-state index contributed by atoms with van der Waals surface area (Å²) in [4.78, 5) is 66.6. The summed E-state index contributed by atoms with van der Waals surface area (Å²) in [5.74, 6) is -2.96. The van der Waals surface area contributed by atoms with Crippen molar-refractivity contribution in [2.24, 2.45) is 0 Å². The van der Waals surface area contributed by atoms with E-state index in [4.69, 9.17) is 46.9 Å². The molecule has 3 rings (SSSR count). The number of rotatable bonds is 79. The number of aliphatic hydroxyl groups is 9. The first kappa shape index (κ1) is 111. The summed E-state index contributed by atoms with van der Waals surface area (Å²) in [5.41, 5.74) is 0. The van der Waals surface area contributed by atoms with Gasteiger partial charge in [0.05, 0.1) is 13.2 Å². The lowest BCUT2D eigenvalue weighted by atomic mass is 9.84. The molecule has 1 saturated carbocycles. The van der Waals surface area contributed by atoms with Crippen LogP contribution in [0.25, 0.3) is 0 Å². The first-order valence-corrected chi connectivity index (χ1v) is 50.1. The van der Waals surface area contributed by atoms with E-state index in [1.807, 2.05) is 0 Å². The number of carbonyl (C=O) groups excluding carboxylic acids is 4. The molecule has 10 N–H and O–H groups in total. The van der Waals surface area contributed by atoms with Crippen LogP contribution in [0.3, 0.4) is 0 Å². The first-order chi connectivity index (χ1) is 58.2. The van der Waals surface area contributed by atoms with E-state index in [0.717, 1.165) is 161 Å². The number of carbonyl (C=O) groups is 4. The second-order valence-corrected chi connectivity index (χ2v) is 36.0. The van der Waals surface area contributed by atoms with Gasteiger partial charge in [-0.15, -0.1) is 0 Å². The van der Waals surface area contributed by atoms with Crippen LogP contribution in [0.15, 0.2) is 24.3 Å². The molecule has 18 unspecified atom stereocenters. The third-order valence-corrected chi connectivity index (χ3v) is 24.7. The van der Waals surface area contributed by atoms with Crippen molar-refractivity contribution in [3.8, 4) is 0 Å².